The van der Waals surface area contributed by atoms with Gasteiger partial charge >= 0.3 is 0 Å². The lowest BCUT2D eigenvalue weighted by molar-refractivity contribution is 0.312. The molecular formula is C13H18O. The molecule has 0 aromatic heterocycles. The Morgan fingerprint density at radius 3 is 2.64 bits per heavy atom. The predicted octanol–water partition coefficient (Wildman–Crippen LogP) is 3.81. The topological polar surface area (TPSA) is 9.23 Å². The molecule has 0 N–H and O–H groups in total. The second-order valence-corrected chi connectivity index (χ2v) is 3.18. The SMILES string of the molecule is CC/C=C/CCCOc1ccccc1. The van der Waals surface area contributed by atoms with Crippen LogP contribution in [0, 0.1) is 0 Å². The second-order valence-electron chi connectivity index (χ2n) is 3.18. The Balaban J connectivity index is 2.07. The highest BCUT2D eigenvalue weighted by Gasteiger charge is 1.89. The van der Waals surface area contributed by atoms with E-state index in [1.807, 2.05) is 30.3 Å². The summed E-state index contributed by atoms with van der Waals surface area (Å²) >= 11 is 0. The highest BCUT2D eigenvalue weighted by Crippen LogP contribution is 2.08. The van der Waals surface area contributed by atoms with Crippen molar-refractivity contribution in [3.05, 3.63) is 42.5 Å². The van der Waals surface area contributed by atoms with Crippen LogP contribution >= 0.6 is 0 Å². The molecule has 0 aliphatic heterocycles. The molecule has 0 aliphatic carbocycles. The minimum Gasteiger partial charge on any atom is -0.494 e. The second kappa shape index (κ2) is 7.19. The van der Waals surface area contributed by atoms with Crippen molar-refractivity contribution in [1.82, 2.24) is 0 Å². The number of allylic oxidation sites excluding steroid dienone is 2. The Morgan fingerprint density at radius 1 is 1.14 bits per heavy atom. The summed E-state index contributed by atoms with van der Waals surface area (Å²) in [5, 5.41) is 0. The molecule has 1 rings (SSSR count). The summed E-state index contributed by atoms with van der Waals surface area (Å²) in [5.41, 5.74) is 0. The molecule has 0 unspecified atom stereocenters. The fraction of sp³-hybridized carbons (Fsp3) is 0.385. The molecular weight excluding hydrogens is 172 g/mol. The van der Waals surface area contributed by atoms with Gasteiger partial charge in [0.1, 0.15) is 5.75 Å². The summed E-state index contributed by atoms with van der Waals surface area (Å²) < 4.78 is 5.55. The van der Waals surface area contributed by atoms with Gasteiger partial charge in [0.25, 0.3) is 0 Å². The Labute approximate surface area is 86.4 Å². The number of benzene rings is 1. The molecule has 1 aromatic rings. The molecule has 0 saturated heterocycles. The Morgan fingerprint density at radius 2 is 1.93 bits per heavy atom. The maximum atomic E-state index is 5.55. The zero-order chi connectivity index (χ0) is 10.1. The van der Waals surface area contributed by atoms with Crippen LogP contribution in [0.4, 0.5) is 0 Å². The van der Waals surface area contributed by atoms with E-state index in [9.17, 15) is 0 Å². The van der Waals surface area contributed by atoms with Crippen LogP contribution in [0.5, 0.6) is 5.75 Å². The normalized spacial score (nSPS) is 10.6. The number of unbranched alkanes of at least 4 members (excludes halogenated alkanes) is 1. The van der Waals surface area contributed by atoms with Crippen molar-refractivity contribution in [3.8, 4) is 5.75 Å². The van der Waals surface area contributed by atoms with Crippen molar-refractivity contribution in [2.24, 2.45) is 0 Å². The number of ether oxygens (including phenoxy) is 1. The molecule has 0 spiro atoms. The predicted molar refractivity (Wildman–Crippen MR) is 60.6 cm³/mol. The van der Waals surface area contributed by atoms with Gasteiger partial charge in [-0.3, -0.25) is 0 Å². The first-order valence-corrected chi connectivity index (χ1v) is 5.26. The highest BCUT2D eigenvalue weighted by atomic mass is 16.5. The van der Waals surface area contributed by atoms with Crippen LogP contribution in [0.15, 0.2) is 42.5 Å². The highest BCUT2D eigenvalue weighted by molar-refractivity contribution is 5.20. The van der Waals surface area contributed by atoms with Crippen LogP contribution in [-0.2, 0) is 0 Å². The van der Waals surface area contributed by atoms with E-state index in [0.717, 1.165) is 31.6 Å². The van der Waals surface area contributed by atoms with E-state index in [4.69, 9.17) is 4.74 Å². The smallest absolute Gasteiger partial charge is 0.119 e. The van der Waals surface area contributed by atoms with E-state index in [-0.39, 0.29) is 0 Å². The van der Waals surface area contributed by atoms with Crippen LogP contribution in [0.25, 0.3) is 0 Å². The van der Waals surface area contributed by atoms with Gasteiger partial charge in [-0.1, -0.05) is 37.3 Å². The molecule has 0 heterocycles. The molecule has 76 valence electrons. The van der Waals surface area contributed by atoms with Crippen LogP contribution in [0.2, 0.25) is 0 Å². The molecule has 0 atom stereocenters. The molecule has 0 saturated carbocycles. The third-order valence-electron chi connectivity index (χ3n) is 1.93. The van der Waals surface area contributed by atoms with E-state index in [0.29, 0.717) is 0 Å². The molecule has 0 fully saturated rings. The van der Waals surface area contributed by atoms with Crippen LogP contribution < -0.4 is 4.74 Å². The molecule has 0 amide bonds. The lowest BCUT2D eigenvalue weighted by Gasteiger charge is -2.03. The first-order chi connectivity index (χ1) is 6.93. The molecule has 1 heteroatoms. The van der Waals surface area contributed by atoms with E-state index in [1.165, 1.54) is 0 Å². The van der Waals surface area contributed by atoms with Gasteiger partial charge in [-0.2, -0.15) is 0 Å². The minimum atomic E-state index is 0.804. The lowest BCUT2D eigenvalue weighted by atomic mass is 10.3. The molecule has 0 bridgehead atoms. The number of para-hydroxylation sites is 1. The van der Waals surface area contributed by atoms with Gasteiger partial charge in [0.05, 0.1) is 6.61 Å². The van der Waals surface area contributed by atoms with Gasteiger partial charge < -0.3 is 4.74 Å². The standard InChI is InChI=1S/C13H18O/c1-2-3-4-5-9-12-14-13-10-7-6-8-11-13/h3-4,6-8,10-11H,2,5,9,12H2,1H3/b4-3+. The zero-order valence-electron chi connectivity index (χ0n) is 8.78. The van der Waals surface area contributed by atoms with Crippen LogP contribution in [0.1, 0.15) is 26.2 Å². The van der Waals surface area contributed by atoms with E-state index in [2.05, 4.69) is 19.1 Å². The first kappa shape index (κ1) is 10.8. The summed E-state index contributed by atoms with van der Waals surface area (Å²) in [6, 6.07) is 9.96. The van der Waals surface area contributed by atoms with Gasteiger partial charge in [-0.25, -0.2) is 0 Å². The number of hydrogen-bond acceptors (Lipinski definition) is 1. The van der Waals surface area contributed by atoms with Gasteiger partial charge in [0.2, 0.25) is 0 Å². The number of hydrogen-bond donors (Lipinski definition) is 0. The van der Waals surface area contributed by atoms with Crippen molar-refractivity contribution in [2.45, 2.75) is 26.2 Å². The van der Waals surface area contributed by atoms with Crippen LogP contribution in [0.3, 0.4) is 0 Å². The van der Waals surface area contributed by atoms with Crippen molar-refractivity contribution in [2.75, 3.05) is 6.61 Å². The van der Waals surface area contributed by atoms with Crippen molar-refractivity contribution in [1.29, 1.82) is 0 Å². The van der Waals surface area contributed by atoms with Gasteiger partial charge in [-0.15, -0.1) is 0 Å². The minimum absolute atomic E-state index is 0.804. The third-order valence-corrected chi connectivity index (χ3v) is 1.93. The number of rotatable bonds is 6. The monoisotopic (exact) mass is 190 g/mol. The third kappa shape index (κ3) is 4.70. The Hall–Kier alpha value is -1.24. The van der Waals surface area contributed by atoms with E-state index >= 15 is 0 Å². The summed E-state index contributed by atoms with van der Waals surface area (Å²) in [5.74, 6) is 0.965. The van der Waals surface area contributed by atoms with Gasteiger partial charge in [0.15, 0.2) is 0 Å². The fourth-order valence-corrected chi connectivity index (χ4v) is 1.19. The van der Waals surface area contributed by atoms with Crippen LogP contribution in [-0.4, -0.2) is 6.61 Å². The Kier molecular flexibility index (Phi) is 5.57. The first-order valence-electron chi connectivity index (χ1n) is 5.26. The fourth-order valence-electron chi connectivity index (χ4n) is 1.19. The molecule has 0 aliphatic rings. The summed E-state index contributed by atoms with van der Waals surface area (Å²) in [4.78, 5) is 0. The maximum absolute atomic E-state index is 5.55. The molecule has 1 nitrogen and oxygen atoms in total. The zero-order valence-corrected chi connectivity index (χ0v) is 8.78. The molecule has 0 radical (unpaired) electrons. The van der Waals surface area contributed by atoms with Crippen molar-refractivity contribution in [3.63, 3.8) is 0 Å². The van der Waals surface area contributed by atoms with E-state index < -0.39 is 0 Å². The summed E-state index contributed by atoms with van der Waals surface area (Å²) in [7, 11) is 0. The largest absolute Gasteiger partial charge is 0.494 e. The Bertz CT molecular complexity index is 251. The molecule has 14 heavy (non-hydrogen) atoms. The maximum Gasteiger partial charge on any atom is 0.119 e. The molecule has 1 aromatic carbocycles. The summed E-state index contributed by atoms with van der Waals surface area (Å²) in [6.45, 7) is 2.95. The van der Waals surface area contributed by atoms with Crippen molar-refractivity contribution < 1.29 is 4.74 Å². The average molecular weight is 190 g/mol. The quantitative estimate of drug-likeness (QED) is 0.489. The van der Waals surface area contributed by atoms with Gasteiger partial charge in [-0.05, 0) is 31.4 Å². The van der Waals surface area contributed by atoms with Gasteiger partial charge in [0, 0.05) is 0 Å². The van der Waals surface area contributed by atoms with E-state index in [1.54, 1.807) is 0 Å². The average Bonchev–Trinajstić information content (AvgIpc) is 2.25. The van der Waals surface area contributed by atoms with Crippen molar-refractivity contribution >= 4 is 0 Å². The summed E-state index contributed by atoms with van der Waals surface area (Å²) in [6.07, 6.45) is 7.74. The lowest BCUT2D eigenvalue weighted by Crippen LogP contribution is -1.95.